The summed E-state index contributed by atoms with van der Waals surface area (Å²) >= 11 is 3.52. The highest BCUT2D eigenvalue weighted by molar-refractivity contribution is 9.10. The van der Waals surface area contributed by atoms with Crippen molar-refractivity contribution in [2.24, 2.45) is 0 Å². The average Bonchev–Trinajstić information content (AvgIpc) is 3.55. The maximum Gasteiger partial charge on any atom is 0.231 e. The SMILES string of the molecule is N#CC1=C(n2cccc2)N(c2ccc(Br)cc2)C2=C(C(=O)CCC2)[C@H]1c1ccc2c(c1)OCO2. The summed E-state index contributed by atoms with van der Waals surface area (Å²) in [6.45, 7) is 0.170. The molecule has 0 unspecified atom stereocenters. The number of Topliss-reactive ketones (excluding diaryl/α,β-unsaturated/α-hetero) is 1. The topological polar surface area (TPSA) is 67.5 Å². The minimum absolute atomic E-state index is 0.0883. The lowest BCUT2D eigenvalue weighted by Crippen LogP contribution is -2.36. The van der Waals surface area contributed by atoms with Crippen LogP contribution >= 0.6 is 15.9 Å². The Kier molecular flexibility index (Phi) is 5.04. The first-order chi connectivity index (χ1) is 16.7. The van der Waals surface area contributed by atoms with E-state index in [9.17, 15) is 10.1 Å². The Labute approximate surface area is 205 Å². The second-order valence-electron chi connectivity index (χ2n) is 8.43. The summed E-state index contributed by atoms with van der Waals surface area (Å²) in [5.74, 6) is 1.66. The van der Waals surface area contributed by atoms with Crippen LogP contribution in [0.5, 0.6) is 11.5 Å². The van der Waals surface area contributed by atoms with Crippen molar-refractivity contribution in [3.63, 3.8) is 0 Å². The lowest BCUT2D eigenvalue weighted by atomic mass is 9.75. The van der Waals surface area contributed by atoms with Gasteiger partial charge in [0.1, 0.15) is 5.82 Å². The number of hydrogen-bond donors (Lipinski definition) is 0. The van der Waals surface area contributed by atoms with E-state index in [0.717, 1.165) is 40.1 Å². The van der Waals surface area contributed by atoms with E-state index >= 15 is 0 Å². The van der Waals surface area contributed by atoms with Crippen LogP contribution in [0.3, 0.4) is 0 Å². The summed E-state index contributed by atoms with van der Waals surface area (Å²) in [5, 5.41) is 10.5. The van der Waals surface area contributed by atoms with Crippen molar-refractivity contribution in [2.75, 3.05) is 11.7 Å². The van der Waals surface area contributed by atoms with Crippen LogP contribution in [0, 0.1) is 11.3 Å². The highest BCUT2D eigenvalue weighted by Crippen LogP contribution is 2.50. The number of ether oxygens (including phenoxy) is 2. The number of ketones is 1. The standard InChI is InChI=1S/C27H20BrN3O3/c28-18-7-9-19(10-8-18)31-21-4-3-5-22(32)26(21)25(17-6-11-23-24(14-17)34-16-33-23)20(15-29)27(31)30-12-1-2-13-30/h1-2,6-14,25H,3-5,16H2/t25-/m0/s1. The molecule has 34 heavy (non-hydrogen) atoms. The van der Waals surface area contributed by atoms with Crippen LogP contribution in [-0.4, -0.2) is 17.1 Å². The molecule has 0 fully saturated rings. The van der Waals surface area contributed by atoms with Gasteiger partial charge in [-0.1, -0.05) is 22.0 Å². The molecular formula is C27H20BrN3O3. The Morgan fingerprint density at radius 1 is 1.00 bits per heavy atom. The summed E-state index contributed by atoms with van der Waals surface area (Å²) in [6, 6.07) is 20.0. The van der Waals surface area contributed by atoms with Crippen LogP contribution in [0.25, 0.3) is 5.82 Å². The lowest BCUT2D eigenvalue weighted by Gasteiger charge is -2.41. The van der Waals surface area contributed by atoms with Crippen molar-refractivity contribution in [2.45, 2.75) is 25.2 Å². The Morgan fingerprint density at radius 2 is 1.76 bits per heavy atom. The van der Waals surface area contributed by atoms with Gasteiger partial charge < -0.3 is 14.0 Å². The molecule has 0 N–H and O–H groups in total. The molecule has 0 saturated carbocycles. The van der Waals surface area contributed by atoms with Crippen LogP contribution in [0.2, 0.25) is 0 Å². The molecule has 0 bridgehead atoms. The van der Waals surface area contributed by atoms with Crippen molar-refractivity contribution < 1.29 is 14.3 Å². The first-order valence-corrected chi connectivity index (χ1v) is 11.9. The smallest absolute Gasteiger partial charge is 0.231 e. The molecule has 2 aliphatic heterocycles. The molecule has 6 nitrogen and oxygen atoms in total. The van der Waals surface area contributed by atoms with Gasteiger partial charge in [0.15, 0.2) is 17.3 Å². The van der Waals surface area contributed by atoms with Crippen molar-refractivity contribution in [1.82, 2.24) is 4.57 Å². The second kappa shape index (κ2) is 8.23. The van der Waals surface area contributed by atoms with Crippen LogP contribution in [0.4, 0.5) is 5.69 Å². The number of aromatic nitrogens is 1. The number of hydrogen-bond acceptors (Lipinski definition) is 5. The lowest BCUT2D eigenvalue weighted by molar-refractivity contribution is -0.116. The number of fused-ring (bicyclic) bond motifs is 1. The number of allylic oxidation sites excluding steroid dienone is 3. The van der Waals surface area contributed by atoms with E-state index in [0.29, 0.717) is 29.1 Å². The normalized spacial score (nSPS) is 19.4. The van der Waals surface area contributed by atoms with E-state index in [1.54, 1.807) is 0 Å². The molecule has 1 aliphatic carbocycles. The fraction of sp³-hybridized carbons (Fsp3) is 0.185. The fourth-order valence-electron chi connectivity index (χ4n) is 5.07. The third kappa shape index (κ3) is 3.25. The van der Waals surface area contributed by atoms with E-state index in [2.05, 4.69) is 26.9 Å². The molecule has 168 valence electrons. The molecule has 0 spiro atoms. The highest BCUT2D eigenvalue weighted by atomic mass is 79.9. The molecule has 3 aromatic rings. The Hall–Kier alpha value is -3.76. The minimum atomic E-state index is -0.480. The monoisotopic (exact) mass is 513 g/mol. The highest BCUT2D eigenvalue weighted by Gasteiger charge is 2.42. The van der Waals surface area contributed by atoms with Gasteiger partial charge in [0.2, 0.25) is 6.79 Å². The van der Waals surface area contributed by atoms with Gasteiger partial charge in [0.25, 0.3) is 0 Å². The van der Waals surface area contributed by atoms with Crippen LogP contribution in [-0.2, 0) is 4.79 Å². The molecule has 0 amide bonds. The number of nitrogens with zero attached hydrogens (tertiary/aromatic N) is 3. The van der Waals surface area contributed by atoms with Gasteiger partial charge in [-0.15, -0.1) is 0 Å². The molecule has 7 heteroatoms. The van der Waals surface area contributed by atoms with E-state index in [-0.39, 0.29) is 12.6 Å². The summed E-state index contributed by atoms with van der Waals surface area (Å²) in [4.78, 5) is 15.5. The molecule has 1 aromatic heterocycles. The van der Waals surface area contributed by atoms with Crippen LogP contribution < -0.4 is 14.4 Å². The quantitative estimate of drug-likeness (QED) is 0.430. The van der Waals surface area contributed by atoms with Crippen molar-refractivity contribution >= 4 is 33.2 Å². The van der Waals surface area contributed by atoms with Crippen LogP contribution in [0.1, 0.15) is 30.7 Å². The second-order valence-corrected chi connectivity index (χ2v) is 9.35. The van der Waals surface area contributed by atoms with Crippen molar-refractivity contribution in [3.8, 4) is 17.6 Å². The number of rotatable bonds is 3. The summed E-state index contributed by atoms with van der Waals surface area (Å²) < 4.78 is 14.0. The van der Waals surface area contributed by atoms with Gasteiger partial charge in [-0.05, 0) is 66.9 Å². The van der Waals surface area contributed by atoms with Gasteiger partial charge in [-0.25, -0.2) is 0 Å². The summed E-state index contributed by atoms with van der Waals surface area (Å²) in [7, 11) is 0. The number of carbonyl (C=O) groups excluding carboxylic acids is 1. The number of benzene rings is 2. The number of carbonyl (C=O) groups is 1. The first kappa shape index (κ1) is 20.8. The number of nitriles is 1. The fourth-order valence-corrected chi connectivity index (χ4v) is 5.33. The van der Waals surface area contributed by atoms with Gasteiger partial charge in [0, 0.05) is 40.2 Å². The maximum atomic E-state index is 13.4. The first-order valence-electron chi connectivity index (χ1n) is 11.1. The number of anilines is 1. The molecule has 3 heterocycles. The van der Waals surface area contributed by atoms with Crippen molar-refractivity contribution in [3.05, 3.63) is 93.9 Å². The van der Waals surface area contributed by atoms with E-state index < -0.39 is 5.92 Å². The predicted molar refractivity (Wildman–Crippen MR) is 131 cm³/mol. The third-order valence-electron chi connectivity index (χ3n) is 6.51. The third-order valence-corrected chi connectivity index (χ3v) is 7.04. The molecular weight excluding hydrogens is 494 g/mol. The molecule has 1 atom stereocenters. The summed E-state index contributed by atoms with van der Waals surface area (Å²) in [5.41, 5.74) is 3.92. The predicted octanol–water partition coefficient (Wildman–Crippen LogP) is 5.98. The van der Waals surface area contributed by atoms with Crippen LogP contribution in [0.15, 0.2) is 88.3 Å². The minimum Gasteiger partial charge on any atom is -0.454 e. The zero-order valence-corrected chi connectivity index (χ0v) is 19.8. The average molecular weight is 514 g/mol. The van der Waals surface area contributed by atoms with Gasteiger partial charge in [-0.2, -0.15) is 5.26 Å². The van der Waals surface area contributed by atoms with Crippen molar-refractivity contribution in [1.29, 1.82) is 5.26 Å². The van der Waals surface area contributed by atoms with Gasteiger partial charge >= 0.3 is 0 Å². The Balaban J connectivity index is 1.64. The molecule has 2 aromatic carbocycles. The largest absolute Gasteiger partial charge is 0.454 e. The molecule has 0 radical (unpaired) electrons. The Bertz CT molecular complexity index is 1400. The molecule has 6 rings (SSSR count). The van der Waals surface area contributed by atoms with E-state index in [4.69, 9.17) is 9.47 Å². The molecule has 3 aliphatic rings. The zero-order valence-electron chi connectivity index (χ0n) is 18.2. The number of halogens is 1. The van der Waals surface area contributed by atoms with Gasteiger partial charge in [-0.3, -0.25) is 9.69 Å². The van der Waals surface area contributed by atoms with Gasteiger partial charge in [0.05, 0.1) is 17.6 Å². The summed E-state index contributed by atoms with van der Waals surface area (Å²) in [6.07, 6.45) is 5.88. The zero-order chi connectivity index (χ0) is 23.2. The Morgan fingerprint density at radius 3 is 2.53 bits per heavy atom. The van der Waals surface area contributed by atoms with E-state index in [1.807, 2.05) is 71.6 Å². The maximum absolute atomic E-state index is 13.4. The van der Waals surface area contributed by atoms with E-state index in [1.165, 1.54) is 0 Å². The molecule has 0 saturated heterocycles.